The third kappa shape index (κ3) is 2.06. The number of rotatable bonds is 1. The van der Waals surface area contributed by atoms with Crippen molar-refractivity contribution in [1.29, 1.82) is 0 Å². The highest BCUT2D eigenvalue weighted by molar-refractivity contribution is 6.34. The maximum absolute atomic E-state index is 6.37. The molecule has 0 fully saturated rings. The van der Waals surface area contributed by atoms with Crippen LogP contribution in [-0.4, -0.2) is 9.97 Å². The van der Waals surface area contributed by atoms with Gasteiger partial charge < -0.3 is 0 Å². The molecule has 0 radical (unpaired) electrons. The number of benzene rings is 2. The zero-order chi connectivity index (χ0) is 14.3. The number of hydrogen-bond acceptors (Lipinski definition) is 2. The molecule has 0 saturated carbocycles. The molecule has 0 spiro atoms. The van der Waals surface area contributed by atoms with E-state index in [0.29, 0.717) is 11.0 Å². The van der Waals surface area contributed by atoms with Gasteiger partial charge in [-0.1, -0.05) is 41.9 Å². The van der Waals surface area contributed by atoms with Gasteiger partial charge in [-0.15, -0.1) is 0 Å². The second kappa shape index (κ2) is 4.88. The zero-order valence-corrected chi connectivity index (χ0v) is 12.5. The summed E-state index contributed by atoms with van der Waals surface area (Å²) in [5, 5.41) is 1.45. The summed E-state index contributed by atoms with van der Waals surface area (Å²) in [5.41, 5.74) is 5.38. The van der Waals surface area contributed by atoms with Gasteiger partial charge in [-0.25, -0.2) is 9.97 Å². The normalized spacial score (nSPS) is 11.0. The van der Waals surface area contributed by atoms with Crippen molar-refractivity contribution in [2.24, 2.45) is 0 Å². The lowest BCUT2D eigenvalue weighted by Crippen LogP contribution is -1.97. The molecule has 0 aliphatic rings. The number of fused-ring (bicyclic) bond motifs is 1. The lowest BCUT2D eigenvalue weighted by atomic mass is 10.0. The Kier molecular flexibility index (Phi) is 3.19. The quantitative estimate of drug-likeness (QED) is 0.595. The molecule has 0 aliphatic heterocycles. The summed E-state index contributed by atoms with van der Waals surface area (Å²) >= 11 is 6.37. The molecular formula is C17H15ClN2. The predicted octanol–water partition coefficient (Wildman–Crippen LogP) is 4.88. The van der Waals surface area contributed by atoms with E-state index in [1.807, 2.05) is 31.2 Å². The fourth-order valence-electron chi connectivity index (χ4n) is 2.58. The molecule has 20 heavy (non-hydrogen) atoms. The second-order valence-corrected chi connectivity index (χ2v) is 5.43. The molecule has 0 unspecified atom stereocenters. The van der Waals surface area contributed by atoms with Crippen molar-refractivity contribution in [3.05, 3.63) is 58.2 Å². The fourth-order valence-corrected chi connectivity index (χ4v) is 2.91. The Hall–Kier alpha value is -1.93. The number of halogens is 1. The molecule has 0 atom stereocenters. The summed E-state index contributed by atoms with van der Waals surface area (Å²) in [7, 11) is 0. The molecule has 3 heteroatoms. The molecule has 2 aromatic carbocycles. The van der Waals surface area contributed by atoms with E-state index in [9.17, 15) is 0 Å². The fraction of sp³-hybridized carbons (Fsp3) is 0.176. The molecule has 0 amide bonds. The van der Waals surface area contributed by atoms with Crippen LogP contribution in [0, 0.1) is 20.8 Å². The van der Waals surface area contributed by atoms with Crippen molar-refractivity contribution < 1.29 is 0 Å². The Morgan fingerprint density at radius 1 is 0.800 bits per heavy atom. The van der Waals surface area contributed by atoms with E-state index in [0.717, 1.165) is 33.2 Å². The van der Waals surface area contributed by atoms with Gasteiger partial charge in [-0.2, -0.15) is 0 Å². The first-order valence-electron chi connectivity index (χ1n) is 6.57. The van der Waals surface area contributed by atoms with Crippen molar-refractivity contribution >= 4 is 22.5 Å². The van der Waals surface area contributed by atoms with Gasteiger partial charge in [0, 0.05) is 10.9 Å². The highest BCUT2D eigenvalue weighted by Crippen LogP contribution is 2.30. The second-order valence-electron chi connectivity index (χ2n) is 5.07. The number of aryl methyl sites for hydroxylation is 3. The molecule has 0 N–H and O–H groups in total. The topological polar surface area (TPSA) is 25.8 Å². The summed E-state index contributed by atoms with van der Waals surface area (Å²) in [6, 6.07) is 12.2. The minimum absolute atomic E-state index is 0.519. The van der Waals surface area contributed by atoms with Crippen molar-refractivity contribution in [3.8, 4) is 11.4 Å². The Morgan fingerprint density at radius 2 is 1.40 bits per heavy atom. The third-order valence-corrected chi connectivity index (χ3v) is 3.87. The molecule has 0 saturated heterocycles. The van der Waals surface area contributed by atoms with Crippen molar-refractivity contribution in [2.45, 2.75) is 20.8 Å². The average Bonchev–Trinajstić information content (AvgIpc) is 2.38. The van der Waals surface area contributed by atoms with Crippen LogP contribution < -0.4 is 0 Å². The molecule has 1 heterocycles. The van der Waals surface area contributed by atoms with Crippen molar-refractivity contribution in [3.63, 3.8) is 0 Å². The first-order valence-corrected chi connectivity index (χ1v) is 6.95. The summed E-state index contributed by atoms with van der Waals surface area (Å²) < 4.78 is 0. The van der Waals surface area contributed by atoms with Gasteiger partial charge in [0.15, 0.2) is 5.82 Å². The van der Waals surface area contributed by atoms with E-state index >= 15 is 0 Å². The smallest absolute Gasteiger partial charge is 0.162 e. The molecule has 0 aliphatic carbocycles. The highest BCUT2D eigenvalue weighted by Gasteiger charge is 2.12. The van der Waals surface area contributed by atoms with E-state index in [1.54, 1.807) is 0 Å². The first kappa shape index (κ1) is 13.1. The maximum atomic E-state index is 6.37. The van der Waals surface area contributed by atoms with Crippen LogP contribution in [0.2, 0.25) is 5.15 Å². The van der Waals surface area contributed by atoms with Crippen LogP contribution in [0.25, 0.3) is 22.3 Å². The van der Waals surface area contributed by atoms with Crippen LogP contribution in [0.1, 0.15) is 16.7 Å². The Bertz CT molecular complexity index is 789. The highest BCUT2D eigenvalue weighted by atomic mass is 35.5. The van der Waals surface area contributed by atoms with E-state index in [1.165, 1.54) is 0 Å². The minimum Gasteiger partial charge on any atom is -0.228 e. The van der Waals surface area contributed by atoms with Gasteiger partial charge in [0.25, 0.3) is 0 Å². The summed E-state index contributed by atoms with van der Waals surface area (Å²) in [6.07, 6.45) is 0. The Labute approximate surface area is 123 Å². The molecule has 1 aromatic heterocycles. The summed E-state index contributed by atoms with van der Waals surface area (Å²) in [6.45, 7) is 6.16. The molecular weight excluding hydrogens is 268 g/mol. The van der Waals surface area contributed by atoms with Crippen LogP contribution >= 0.6 is 11.6 Å². The molecule has 0 bridgehead atoms. The average molecular weight is 283 g/mol. The van der Waals surface area contributed by atoms with E-state index < -0.39 is 0 Å². The van der Waals surface area contributed by atoms with Gasteiger partial charge in [-0.3, -0.25) is 0 Å². The van der Waals surface area contributed by atoms with Gasteiger partial charge in [-0.05, 0) is 43.5 Å². The third-order valence-electron chi connectivity index (χ3n) is 3.59. The van der Waals surface area contributed by atoms with Crippen LogP contribution in [0.3, 0.4) is 0 Å². The SMILES string of the molecule is Cc1cccc(C)c1-c1nc(Cl)c2c(C)cccc2n1. The first-order chi connectivity index (χ1) is 9.58. The largest absolute Gasteiger partial charge is 0.228 e. The maximum Gasteiger partial charge on any atom is 0.162 e. The lowest BCUT2D eigenvalue weighted by Gasteiger charge is -2.11. The molecule has 100 valence electrons. The van der Waals surface area contributed by atoms with Crippen LogP contribution in [0.5, 0.6) is 0 Å². The van der Waals surface area contributed by atoms with Crippen molar-refractivity contribution in [1.82, 2.24) is 9.97 Å². The lowest BCUT2D eigenvalue weighted by molar-refractivity contribution is 1.19. The minimum atomic E-state index is 0.519. The standard InChI is InChI=1S/C17H15ClN2/c1-10-6-4-7-11(2)14(10)17-19-13-9-5-8-12(3)15(13)16(18)20-17/h4-9H,1-3H3. The summed E-state index contributed by atoms with van der Waals surface area (Å²) in [5.74, 6) is 0.698. The molecule has 3 rings (SSSR count). The van der Waals surface area contributed by atoms with Gasteiger partial charge >= 0.3 is 0 Å². The van der Waals surface area contributed by atoms with Gasteiger partial charge in [0.1, 0.15) is 5.15 Å². The van der Waals surface area contributed by atoms with Gasteiger partial charge in [0.05, 0.1) is 5.52 Å². The Balaban J connectivity index is 2.34. The predicted molar refractivity (Wildman–Crippen MR) is 84.2 cm³/mol. The van der Waals surface area contributed by atoms with Crippen LogP contribution in [0.15, 0.2) is 36.4 Å². The van der Waals surface area contributed by atoms with E-state index in [-0.39, 0.29) is 0 Å². The summed E-state index contributed by atoms with van der Waals surface area (Å²) in [4.78, 5) is 9.20. The Morgan fingerprint density at radius 3 is 2.10 bits per heavy atom. The number of aromatic nitrogens is 2. The molecule has 2 nitrogen and oxygen atoms in total. The van der Waals surface area contributed by atoms with Gasteiger partial charge in [0.2, 0.25) is 0 Å². The number of hydrogen-bond donors (Lipinski definition) is 0. The zero-order valence-electron chi connectivity index (χ0n) is 11.7. The van der Waals surface area contributed by atoms with Crippen LogP contribution in [0.4, 0.5) is 0 Å². The van der Waals surface area contributed by atoms with Crippen LogP contribution in [-0.2, 0) is 0 Å². The molecule has 3 aromatic rings. The monoisotopic (exact) mass is 282 g/mol. The number of nitrogens with zero attached hydrogens (tertiary/aromatic N) is 2. The van der Waals surface area contributed by atoms with E-state index in [4.69, 9.17) is 16.6 Å². The van der Waals surface area contributed by atoms with Crippen molar-refractivity contribution in [2.75, 3.05) is 0 Å². The van der Waals surface area contributed by atoms with E-state index in [2.05, 4.69) is 31.0 Å².